The molecule has 1 unspecified atom stereocenters. The fraction of sp³-hybridized carbons (Fsp3) is 1.00. The SMILES string of the molecule is CC(C)C(N(C)C)C(C)(C)O. The van der Waals surface area contributed by atoms with Gasteiger partial charge in [0.1, 0.15) is 0 Å². The number of nitrogens with zero attached hydrogens (tertiary/aromatic N) is 1. The average Bonchev–Trinajstić information content (AvgIpc) is 1.54. The molecular weight excluding hydrogens is 138 g/mol. The standard InChI is InChI=1S/C9H21NO/c1-7(2)8(10(5)6)9(3,4)11/h7-8,11H,1-6H3. The average molecular weight is 159 g/mol. The quantitative estimate of drug-likeness (QED) is 0.672. The smallest absolute Gasteiger partial charge is 0.0748 e. The molecule has 0 aliphatic carbocycles. The molecule has 0 aromatic rings. The van der Waals surface area contributed by atoms with Crippen LogP contribution in [0.5, 0.6) is 0 Å². The van der Waals surface area contributed by atoms with Gasteiger partial charge >= 0.3 is 0 Å². The van der Waals surface area contributed by atoms with Crippen LogP contribution in [0.4, 0.5) is 0 Å². The molecule has 1 N–H and O–H groups in total. The number of rotatable bonds is 3. The second-order valence-electron chi connectivity index (χ2n) is 4.31. The molecule has 0 amide bonds. The second-order valence-corrected chi connectivity index (χ2v) is 4.31. The van der Waals surface area contributed by atoms with Gasteiger partial charge in [0, 0.05) is 6.04 Å². The zero-order valence-corrected chi connectivity index (χ0v) is 8.55. The summed E-state index contributed by atoms with van der Waals surface area (Å²) in [7, 11) is 4.01. The van der Waals surface area contributed by atoms with Crippen molar-refractivity contribution in [3.05, 3.63) is 0 Å². The highest BCUT2D eigenvalue weighted by molar-refractivity contribution is 4.85. The Morgan fingerprint density at radius 3 is 1.55 bits per heavy atom. The Labute approximate surface area is 70.2 Å². The van der Waals surface area contributed by atoms with Gasteiger partial charge in [0.15, 0.2) is 0 Å². The molecule has 0 saturated carbocycles. The van der Waals surface area contributed by atoms with Gasteiger partial charge in [0.2, 0.25) is 0 Å². The summed E-state index contributed by atoms with van der Waals surface area (Å²) in [4.78, 5) is 2.07. The van der Waals surface area contributed by atoms with Crippen molar-refractivity contribution in [1.82, 2.24) is 4.90 Å². The van der Waals surface area contributed by atoms with Crippen LogP contribution in [0.3, 0.4) is 0 Å². The summed E-state index contributed by atoms with van der Waals surface area (Å²) in [6, 6.07) is 0.225. The molecule has 0 aromatic heterocycles. The van der Waals surface area contributed by atoms with Crippen LogP contribution in [-0.4, -0.2) is 35.7 Å². The van der Waals surface area contributed by atoms with E-state index in [-0.39, 0.29) is 6.04 Å². The van der Waals surface area contributed by atoms with Gasteiger partial charge in [-0.25, -0.2) is 0 Å². The Hall–Kier alpha value is -0.0800. The normalized spacial score (nSPS) is 16.1. The molecule has 0 rings (SSSR count). The van der Waals surface area contributed by atoms with Gasteiger partial charge in [-0.2, -0.15) is 0 Å². The number of likely N-dealkylation sites (N-methyl/N-ethyl adjacent to an activating group) is 1. The summed E-state index contributed by atoms with van der Waals surface area (Å²) in [5.74, 6) is 0.477. The van der Waals surface area contributed by atoms with E-state index < -0.39 is 5.60 Å². The van der Waals surface area contributed by atoms with Crippen molar-refractivity contribution < 1.29 is 5.11 Å². The summed E-state index contributed by atoms with van der Waals surface area (Å²) >= 11 is 0. The first-order valence-corrected chi connectivity index (χ1v) is 4.15. The summed E-state index contributed by atoms with van der Waals surface area (Å²) in [6.07, 6.45) is 0. The lowest BCUT2D eigenvalue weighted by Gasteiger charge is -2.37. The van der Waals surface area contributed by atoms with Crippen molar-refractivity contribution in [2.45, 2.75) is 39.3 Å². The number of hydrogen-bond acceptors (Lipinski definition) is 2. The third-order valence-electron chi connectivity index (χ3n) is 1.91. The predicted octanol–water partition coefficient (Wildman–Crippen LogP) is 1.34. The minimum absolute atomic E-state index is 0.225. The van der Waals surface area contributed by atoms with Gasteiger partial charge in [0.25, 0.3) is 0 Å². The number of hydrogen-bond donors (Lipinski definition) is 1. The van der Waals surface area contributed by atoms with E-state index >= 15 is 0 Å². The Morgan fingerprint density at radius 2 is 1.55 bits per heavy atom. The zero-order valence-electron chi connectivity index (χ0n) is 8.55. The van der Waals surface area contributed by atoms with Crippen molar-refractivity contribution in [1.29, 1.82) is 0 Å². The molecule has 0 aromatic carbocycles. The minimum Gasteiger partial charge on any atom is -0.389 e. The van der Waals surface area contributed by atoms with Crippen LogP contribution in [-0.2, 0) is 0 Å². The molecule has 2 nitrogen and oxygen atoms in total. The third-order valence-corrected chi connectivity index (χ3v) is 1.91. The highest BCUT2D eigenvalue weighted by atomic mass is 16.3. The van der Waals surface area contributed by atoms with Gasteiger partial charge in [0.05, 0.1) is 5.60 Å². The molecule has 68 valence electrons. The molecular formula is C9H21NO. The molecule has 0 saturated heterocycles. The lowest BCUT2D eigenvalue weighted by molar-refractivity contribution is -0.0219. The van der Waals surface area contributed by atoms with Gasteiger partial charge in [-0.3, -0.25) is 0 Å². The fourth-order valence-corrected chi connectivity index (χ4v) is 2.04. The Kier molecular flexibility index (Phi) is 3.52. The zero-order chi connectivity index (χ0) is 9.23. The fourth-order valence-electron chi connectivity index (χ4n) is 2.04. The molecule has 0 bridgehead atoms. The van der Waals surface area contributed by atoms with Crippen LogP contribution < -0.4 is 0 Å². The third kappa shape index (κ3) is 3.21. The van der Waals surface area contributed by atoms with Crippen molar-refractivity contribution in [3.63, 3.8) is 0 Å². The maximum absolute atomic E-state index is 9.78. The molecule has 0 radical (unpaired) electrons. The topological polar surface area (TPSA) is 23.5 Å². The molecule has 2 heteroatoms. The van der Waals surface area contributed by atoms with Crippen LogP contribution in [0.1, 0.15) is 27.7 Å². The van der Waals surface area contributed by atoms with Crippen molar-refractivity contribution in [2.75, 3.05) is 14.1 Å². The van der Waals surface area contributed by atoms with Crippen LogP contribution in [0.15, 0.2) is 0 Å². The first-order chi connectivity index (χ1) is 4.76. The van der Waals surface area contributed by atoms with Gasteiger partial charge in [-0.1, -0.05) is 13.8 Å². The molecule has 0 spiro atoms. The lowest BCUT2D eigenvalue weighted by Crippen LogP contribution is -2.49. The molecule has 11 heavy (non-hydrogen) atoms. The molecule has 0 aliphatic rings. The van der Waals surface area contributed by atoms with Crippen LogP contribution >= 0.6 is 0 Å². The highest BCUT2D eigenvalue weighted by Crippen LogP contribution is 2.20. The highest BCUT2D eigenvalue weighted by Gasteiger charge is 2.30. The minimum atomic E-state index is -0.613. The Bertz CT molecular complexity index is 105. The summed E-state index contributed by atoms with van der Waals surface area (Å²) < 4.78 is 0. The van der Waals surface area contributed by atoms with E-state index in [1.807, 2.05) is 27.9 Å². The molecule has 0 fully saturated rings. The van der Waals surface area contributed by atoms with E-state index in [1.54, 1.807) is 0 Å². The summed E-state index contributed by atoms with van der Waals surface area (Å²) in [6.45, 7) is 7.97. The van der Waals surface area contributed by atoms with E-state index in [1.165, 1.54) is 0 Å². The molecule has 0 heterocycles. The Balaban J connectivity index is 4.35. The van der Waals surface area contributed by atoms with Gasteiger partial charge < -0.3 is 10.0 Å². The van der Waals surface area contributed by atoms with Gasteiger partial charge in [-0.05, 0) is 33.9 Å². The van der Waals surface area contributed by atoms with Crippen LogP contribution in [0.25, 0.3) is 0 Å². The van der Waals surface area contributed by atoms with E-state index in [0.717, 1.165) is 0 Å². The maximum atomic E-state index is 9.78. The van der Waals surface area contributed by atoms with Crippen molar-refractivity contribution in [3.8, 4) is 0 Å². The molecule has 1 atom stereocenters. The lowest BCUT2D eigenvalue weighted by atomic mass is 9.88. The monoisotopic (exact) mass is 159 g/mol. The van der Waals surface area contributed by atoms with E-state index in [4.69, 9.17) is 0 Å². The number of aliphatic hydroxyl groups is 1. The second kappa shape index (κ2) is 3.55. The summed E-state index contributed by atoms with van der Waals surface area (Å²) in [5, 5.41) is 9.78. The first kappa shape index (κ1) is 10.9. The van der Waals surface area contributed by atoms with E-state index in [9.17, 15) is 5.11 Å². The molecule has 0 aliphatic heterocycles. The van der Waals surface area contributed by atoms with Crippen molar-refractivity contribution >= 4 is 0 Å². The first-order valence-electron chi connectivity index (χ1n) is 4.15. The Morgan fingerprint density at radius 1 is 1.18 bits per heavy atom. The van der Waals surface area contributed by atoms with Crippen LogP contribution in [0, 0.1) is 5.92 Å². The van der Waals surface area contributed by atoms with Crippen LogP contribution in [0.2, 0.25) is 0 Å². The van der Waals surface area contributed by atoms with Crippen molar-refractivity contribution in [2.24, 2.45) is 5.92 Å². The van der Waals surface area contributed by atoms with Gasteiger partial charge in [-0.15, -0.1) is 0 Å². The summed E-state index contributed by atoms with van der Waals surface area (Å²) in [5.41, 5.74) is -0.613. The van der Waals surface area contributed by atoms with E-state index in [2.05, 4.69) is 18.7 Å². The van der Waals surface area contributed by atoms with E-state index in [0.29, 0.717) is 5.92 Å². The maximum Gasteiger partial charge on any atom is 0.0748 e. The largest absolute Gasteiger partial charge is 0.389 e. The predicted molar refractivity (Wildman–Crippen MR) is 48.6 cm³/mol.